The Kier molecular flexibility index (Phi) is 5.17. The van der Waals surface area contributed by atoms with Crippen LogP contribution in [0.4, 0.5) is 0 Å². The summed E-state index contributed by atoms with van der Waals surface area (Å²) in [5.41, 5.74) is 4.42. The van der Waals surface area contributed by atoms with Gasteiger partial charge in [-0.3, -0.25) is 4.79 Å². The normalized spacial score (nSPS) is 11.2. The molecule has 0 bridgehead atoms. The number of imidazole rings is 1. The number of aryl methyl sites for hydroxylation is 1. The average Bonchev–Trinajstić information content (AvgIpc) is 2.93. The molecule has 0 radical (unpaired) electrons. The van der Waals surface area contributed by atoms with Crippen molar-refractivity contribution in [1.29, 1.82) is 0 Å². The minimum atomic E-state index is 0.0305. The van der Waals surface area contributed by atoms with Crippen molar-refractivity contribution in [2.45, 2.75) is 33.7 Å². The molecule has 25 heavy (non-hydrogen) atoms. The van der Waals surface area contributed by atoms with Crippen molar-refractivity contribution in [2.24, 2.45) is 5.92 Å². The maximum atomic E-state index is 12.4. The smallest absolute Gasteiger partial charge is 0.240 e. The molecule has 3 aromatic rings. The van der Waals surface area contributed by atoms with E-state index in [1.165, 1.54) is 11.1 Å². The number of para-hydroxylation sites is 2. The van der Waals surface area contributed by atoms with E-state index in [4.69, 9.17) is 4.98 Å². The van der Waals surface area contributed by atoms with Gasteiger partial charge in [-0.2, -0.15) is 0 Å². The number of benzene rings is 2. The molecule has 0 unspecified atom stereocenters. The largest absolute Gasteiger partial charge is 0.354 e. The monoisotopic (exact) mass is 335 g/mol. The highest BCUT2D eigenvalue weighted by Gasteiger charge is 2.14. The zero-order chi connectivity index (χ0) is 17.8. The van der Waals surface area contributed by atoms with Gasteiger partial charge in [0.15, 0.2) is 0 Å². The maximum absolute atomic E-state index is 12.4. The van der Waals surface area contributed by atoms with Gasteiger partial charge in [0.25, 0.3) is 0 Å². The summed E-state index contributed by atoms with van der Waals surface area (Å²) < 4.78 is 2.04. The van der Waals surface area contributed by atoms with Crippen LogP contribution in [-0.4, -0.2) is 22.0 Å². The Bertz CT molecular complexity index is 880. The van der Waals surface area contributed by atoms with Crippen LogP contribution in [0.3, 0.4) is 0 Å². The molecule has 0 aliphatic rings. The number of nitrogens with one attached hydrogen (secondary N) is 1. The van der Waals surface area contributed by atoms with E-state index in [9.17, 15) is 4.79 Å². The summed E-state index contributed by atoms with van der Waals surface area (Å²) in [5, 5.41) is 3.00. The molecule has 0 fully saturated rings. The molecule has 0 spiro atoms. The topological polar surface area (TPSA) is 46.9 Å². The molecule has 4 heteroatoms. The van der Waals surface area contributed by atoms with Crippen molar-refractivity contribution in [2.75, 3.05) is 6.54 Å². The van der Waals surface area contributed by atoms with Crippen molar-refractivity contribution < 1.29 is 4.79 Å². The lowest BCUT2D eigenvalue weighted by molar-refractivity contribution is -0.121. The molecule has 0 saturated heterocycles. The highest BCUT2D eigenvalue weighted by Crippen LogP contribution is 2.20. The molecule has 4 nitrogen and oxygen atoms in total. The second kappa shape index (κ2) is 7.51. The predicted molar refractivity (Wildman–Crippen MR) is 102 cm³/mol. The van der Waals surface area contributed by atoms with Crippen molar-refractivity contribution in [3.8, 4) is 0 Å². The van der Waals surface area contributed by atoms with Gasteiger partial charge >= 0.3 is 0 Å². The van der Waals surface area contributed by atoms with E-state index in [0.29, 0.717) is 19.0 Å². The quantitative estimate of drug-likeness (QED) is 0.746. The lowest BCUT2D eigenvalue weighted by Crippen LogP contribution is -2.31. The minimum Gasteiger partial charge on any atom is -0.354 e. The molecule has 130 valence electrons. The van der Waals surface area contributed by atoms with Crippen LogP contribution < -0.4 is 5.32 Å². The highest BCUT2D eigenvalue weighted by molar-refractivity contribution is 5.81. The number of rotatable bonds is 6. The molecule has 2 aromatic carbocycles. The Morgan fingerprint density at radius 2 is 1.84 bits per heavy atom. The molecule has 0 atom stereocenters. The number of hydrogen-bond acceptors (Lipinski definition) is 2. The minimum absolute atomic E-state index is 0.0305. The average molecular weight is 335 g/mol. The van der Waals surface area contributed by atoms with E-state index in [-0.39, 0.29) is 5.91 Å². The van der Waals surface area contributed by atoms with Crippen LogP contribution in [0.25, 0.3) is 11.0 Å². The lowest BCUT2D eigenvalue weighted by atomic mass is 10.1. The summed E-state index contributed by atoms with van der Waals surface area (Å²) in [6.07, 6.45) is 0.721. The van der Waals surface area contributed by atoms with Gasteiger partial charge in [0.05, 0.1) is 11.0 Å². The molecule has 1 N–H and O–H groups in total. The number of amides is 1. The van der Waals surface area contributed by atoms with Crippen LogP contribution in [0.5, 0.6) is 0 Å². The third kappa shape index (κ3) is 4.08. The first-order valence-electron chi connectivity index (χ1n) is 8.80. The number of hydrogen-bond donors (Lipinski definition) is 1. The summed E-state index contributed by atoms with van der Waals surface area (Å²) in [6, 6.07) is 16.3. The Morgan fingerprint density at radius 3 is 2.60 bits per heavy atom. The molecular formula is C21H25N3O. The van der Waals surface area contributed by atoms with Gasteiger partial charge in [-0.1, -0.05) is 50.2 Å². The second-order valence-electron chi connectivity index (χ2n) is 6.90. The lowest BCUT2D eigenvalue weighted by Gasteiger charge is -2.12. The van der Waals surface area contributed by atoms with E-state index in [2.05, 4.69) is 38.2 Å². The third-order valence-corrected chi connectivity index (χ3v) is 4.35. The number of fused-ring (bicyclic) bond motifs is 1. The fourth-order valence-corrected chi connectivity index (χ4v) is 2.93. The standard InChI is InChI=1S/C21H25N3O/c1-15(2)13-22-21(25)14-24-19-11-7-6-10-18(19)23-20(24)12-17-9-5-4-8-16(17)3/h4-11,15H,12-14H2,1-3H3,(H,22,25). The fraction of sp³-hybridized carbons (Fsp3) is 0.333. The summed E-state index contributed by atoms with van der Waals surface area (Å²) in [4.78, 5) is 17.2. The predicted octanol–water partition coefficient (Wildman–Crippen LogP) is 3.71. The van der Waals surface area contributed by atoms with E-state index >= 15 is 0 Å². The van der Waals surface area contributed by atoms with Gasteiger partial charge in [0, 0.05) is 13.0 Å². The van der Waals surface area contributed by atoms with Crippen LogP contribution in [0.15, 0.2) is 48.5 Å². The Hall–Kier alpha value is -2.62. The Morgan fingerprint density at radius 1 is 1.12 bits per heavy atom. The third-order valence-electron chi connectivity index (χ3n) is 4.35. The van der Waals surface area contributed by atoms with Crippen LogP contribution in [0.2, 0.25) is 0 Å². The summed E-state index contributed by atoms with van der Waals surface area (Å²) in [7, 11) is 0. The summed E-state index contributed by atoms with van der Waals surface area (Å²) in [6.45, 7) is 7.29. The molecule has 3 rings (SSSR count). The summed E-state index contributed by atoms with van der Waals surface area (Å²) >= 11 is 0. The van der Waals surface area contributed by atoms with Gasteiger partial charge in [0.1, 0.15) is 12.4 Å². The second-order valence-corrected chi connectivity index (χ2v) is 6.90. The Balaban J connectivity index is 1.92. The number of aromatic nitrogens is 2. The number of nitrogens with zero attached hydrogens (tertiary/aromatic N) is 2. The zero-order valence-electron chi connectivity index (χ0n) is 15.1. The van der Waals surface area contributed by atoms with Crippen molar-refractivity contribution in [1.82, 2.24) is 14.9 Å². The molecule has 1 amide bonds. The first kappa shape index (κ1) is 17.2. The molecule has 0 saturated carbocycles. The number of carbonyl (C=O) groups is 1. The summed E-state index contributed by atoms with van der Waals surface area (Å²) in [5.74, 6) is 1.40. The van der Waals surface area contributed by atoms with Gasteiger partial charge in [-0.05, 0) is 36.1 Å². The molecule has 0 aliphatic heterocycles. The van der Waals surface area contributed by atoms with Crippen LogP contribution >= 0.6 is 0 Å². The van der Waals surface area contributed by atoms with Gasteiger partial charge in [0.2, 0.25) is 5.91 Å². The van der Waals surface area contributed by atoms with Crippen molar-refractivity contribution in [3.63, 3.8) is 0 Å². The van der Waals surface area contributed by atoms with E-state index < -0.39 is 0 Å². The fourth-order valence-electron chi connectivity index (χ4n) is 2.93. The number of carbonyl (C=O) groups excluding carboxylic acids is 1. The van der Waals surface area contributed by atoms with Crippen LogP contribution in [0.1, 0.15) is 30.8 Å². The first-order valence-corrected chi connectivity index (χ1v) is 8.80. The highest BCUT2D eigenvalue weighted by atomic mass is 16.1. The van der Waals surface area contributed by atoms with E-state index in [1.807, 2.05) is 41.0 Å². The molecule has 0 aliphatic carbocycles. The van der Waals surface area contributed by atoms with Crippen LogP contribution in [-0.2, 0) is 17.8 Å². The van der Waals surface area contributed by atoms with E-state index in [1.54, 1.807) is 0 Å². The molecule has 1 aromatic heterocycles. The Labute approximate surface area is 148 Å². The molecular weight excluding hydrogens is 310 g/mol. The first-order chi connectivity index (χ1) is 12.0. The zero-order valence-corrected chi connectivity index (χ0v) is 15.1. The van der Waals surface area contributed by atoms with Gasteiger partial charge < -0.3 is 9.88 Å². The van der Waals surface area contributed by atoms with Crippen molar-refractivity contribution >= 4 is 16.9 Å². The maximum Gasteiger partial charge on any atom is 0.240 e. The molecule has 1 heterocycles. The van der Waals surface area contributed by atoms with Crippen LogP contribution in [0, 0.1) is 12.8 Å². The van der Waals surface area contributed by atoms with Gasteiger partial charge in [-0.25, -0.2) is 4.98 Å². The van der Waals surface area contributed by atoms with Crippen molar-refractivity contribution in [3.05, 3.63) is 65.5 Å². The van der Waals surface area contributed by atoms with E-state index in [0.717, 1.165) is 23.3 Å². The van der Waals surface area contributed by atoms with Gasteiger partial charge in [-0.15, -0.1) is 0 Å². The SMILES string of the molecule is Cc1ccccc1Cc1nc2ccccc2n1CC(=O)NCC(C)C.